The molecule has 0 aliphatic heterocycles. The van der Waals surface area contributed by atoms with Crippen LogP contribution in [0.2, 0.25) is 0 Å². The Morgan fingerprint density at radius 2 is 2.05 bits per heavy atom. The molecule has 1 unspecified atom stereocenters. The zero-order valence-electron chi connectivity index (χ0n) is 11.2. The Bertz CT molecular complexity index is 526. The Labute approximate surface area is 116 Å². The molecule has 0 aromatic heterocycles. The number of anilines is 1. The molecule has 6 nitrogen and oxygen atoms in total. The average Bonchev–Trinajstić information content (AvgIpc) is 2.28. The van der Waals surface area contributed by atoms with Gasteiger partial charge in [0.15, 0.2) is 5.75 Å². The second-order valence-electron chi connectivity index (χ2n) is 5.09. The molecule has 1 saturated carbocycles. The van der Waals surface area contributed by atoms with Crippen LogP contribution < -0.4 is 10.6 Å². The Morgan fingerprint density at radius 1 is 1.35 bits per heavy atom. The van der Waals surface area contributed by atoms with Gasteiger partial charge in [0.25, 0.3) is 0 Å². The second kappa shape index (κ2) is 5.81. The number of para-hydroxylation sites is 1. The largest absolute Gasteiger partial charge is 0.505 e. The van der Waals surface area contributed by atoms with Crippen LogP contribution >= 0.6 is 0 Å². The Morgan fingerprint density at radius 3 is 2.60 bits per heavy atom. The lowest BCUT2D eigenvalue weighted by Gasteiger charge is -2.31. The van der Waals surface area contributed by atoms with E-state index in [-0.39, 0.29) is 17.3 Å². The van der Waals surface area contributed by atoms with Crippen molar-refractivity contribution < 1.29 is 19.8 Å². The predicted octanol–water partition coefficient (Wildman–Crippen LogP) is 2.40. The van der Waals surface area contributed by atoms with Gasteiger partial charge in [-0.1, -0.05) is 12.5 Å². The molecule has 0 spiro atoms. The van der Waals surface area contributed by atoms with E-state index in [1.807, 2.05) is 6.92 Å². The van der Waals surface area contributed by atoms with Crippen molar-refractivity contribution in [3.63, 3.8) is 0 Å². The van der Waals surface area contributed by atoms with Gasteiger partial charge in [0, 0.05) is 6.04 Å². The molecule has 108 valence electrons. The maximum atomic E-state index is 11.8. The molecule has 0 heterocycles. The zero-order chi connectivity index (χ0) is 14.7. The molecule has 4 N–H and O–H groups in total. The fraction of sp³-hybridized carbons (Fsp3) is 0.429. The first kappa shape index (κ1) is 14.2. The molecule has 1 aromatic rings. The number of carbonyl (C=O) groups is 2. The number of amides is 2. The van der Waals surface area contributed by atoms with Gasteiger partial charge in [0.05, 0.1) is 5.69 Å². The lowest BCUT2D eigenvalue weighted by Crippen LogP contribution is -2.42. The number of hydrogen-bond acceptors (Lipinski definition) is 3. The van der Waals surface area contributed by atoms with E-state index >= 15 is 0 Å². The number of urea groups is 1. The highest BCUT2D eigenvalue weighted by Gasteiger charge is 2.25. The Balaban J connectivity index is 2.00. The molecule has 2 rings (SSSR count). The molecule has 2 amide bonds. The molecule has 1 atom stereocenters. The van der Waals surface area contributed by atoms with Crippen LogP contribution in [-0.2, 0) is 0 Å². The fourth-order valence-corrected chi connectivity index (χ4v) is 2.24. The second-order valence-corrected chi connectivity index (χ2v) is 5.09. The van der Waals surface area contributed by atoms with Gasteiger partial charge < -0.3 is 20.8 Å². The van der Waals surface area contributed by atoms with Crippen molar-refractivity contribution in [2.75, 3.05) is 5.32 Å². The lowest BCUT2D eigenvalue weighted by molar-refractivity contribution is 0.0693. The minimum Gasteiger partial charge on any atom is -0.505 e. The summed E-state index contributed by atoms with van der Waals surface area (Å²) < 4.78 is 0. The topological polar surface area (TPSA) is 98.7 Å². The number of benzene rings is 1. The van der Waals surface area contributed by atoms with Gasteiger partial charge in [-0.25, -0.2) is 9.59 Å². The molecule has 0 saturated heterocycles. The van der Waals surface area contributed by atoms with Crippen LogP contribution in [0.5, 0.6) is 5.75 Å². The first-order valence-electron chi connectivity index (χ1n) is 6.62. The quantitative estimate of drug-likeness (QED) is 0.635. The SMILES string of the molecule is CC(NC(=O)Nc1cccc(C(=O)O)c1O)C1CCC1. The summed E-state index contributed by atoms with van der Waals surface area (Å²) in [6.07, 6.45) is 3.42. The summed E-state index contributed by atoms with van der Waals surface area (Å²) in [5.74, 6) is -1.18. The van der Waals surface area contributed by atoms with Crippen LogP contribution in [0.1, 0.15) is 36.5 Å². The maximum Gasteiger partial charge on any atom is 0.339 e. The Hall–Kier alpha value is -2.24. The van der Waals surface area contributed by atoms with E-state index in [4.69, 9.17) is 5.11 Å². The van der Waals surface area contributed by atoms with Crippen LogP contribution in [0.3, 0.4) is 0 Å². The van der Waals surface area contributed by atoms with Crippen LogP contribution in [0.4, 0.5) is 10.5 Å². The third kappa shape index (κ3) is 3.01. The first-order chi connectivity index (χ1) is 9.49. The zero-order valence-corrected chi connectivity index (χ0v) is 11.2. The third-order valence-electron chi connectivity index (χ3n) is 3.73. The number of hydrogen-bond donors (Lipinski definition) is 4. The van der Waals surface area contributed by atoms with Gasteiger partial charge in [-0.2, -0.15) is 0 Å². The maximum absolute atomic E-state index is 11.8. The van der Waals surface area contributed by atoms with Crippen molar-refractivity contribution in [1.29, 1.82) is 0 Å². The first-order valence-corrected chi connectivity index (χ1v) is 6.62. The number of rotatable bonds is 4. The molecule has 1 aliphatic carbocycles. The number of carboxylic acid groups (broad SMARTS) is 1. The van der Waals surface area contributed by atoms with E-state index < -0.39 is 17.7 Å². The van der Waals surface area contributed by atoms with Gasteiger partial charge >= 0.3 is 12.0 Å². The summed E-state index contributed by atoms with van der Waals surface area (Å²) in [5.41, 5.74) is -0.155. The molecule has 0 radical (unpaired) electrons. The highest BCUT2D eigenvalue weighted by molar-refractivity contribution is 5.97. The van der Waals surface area contributed by atoms with E-state index in [0.29, 0.717) is 5.92 Å². The monoisotopic (exact) mass is 278 g/mol. The minimum absolute atomic E-state index is 0.0635. The molecular weight excluding hydrogens is 260 g/mol. The lowest BCUT2D eigenvalue weighted by atomic mass is 9.80. The highest BCUT2D eigenvalue weighted by Crippen LogP contribution is 2.30. The van der Waals surface area contributed by atoms with Crippen molar-refractivity contribution >= 4 is 17.7 Å². The van der Waals surface area contributed by atoms with Crippen LogP contribution in [0, 0.1) is 5.92 Å². The van der Waals surface area contributed by atoms with Crippen molar-refractivity contribution in [3.05, 3.63) is 23.8 Å². The molecule has 20 heavy (non-hydrogen) atoms. The number of aromatic carboxylic acids is 1. The molecule has 0 bridgehead atoms. The van der Waals surface area contributed by atoms with Crippen LogP contribution in [-0.4, -0.2) is 28.3 Å². The molecule has 1 aliphatic rings. The van der Waals surface area contributed by atoms with Gasteiger partial charge in [0.2, 0.25) is 0 Å². The Kier molecular flexibility index (Phi) is 4.12. The van der Waals surface area contributed by atoms with Crippen molar-refractivity contribution in [3.8, 4) is 5.75 Å². The van der Waals surface area contributed by atoms with Crippen molar-refractivity contribution in [2.45, 2.75) is 32.2 Å². The third-order valence-corrected chi connectivity index (χ3v) is 3.73. The molecule has 1 fully saturated rings. The van der Waals surface area contributed by atoms with E-state index in [0.717, 1.165) is 12.8 Å². The predicted molar refractivity (Wildman–Crippen MR) is 74.0 cm³/mol. The summed E-state index contributed by atoms with van der Waals surface area (Å²) in [4.78, 5) is 22.7. The summed E-state index contributed by atoms with van der Waals surface area (Å²) in [6, 6.07) is 3.82. The molecular formula is C14H18N2O4. The summed E-state index contributed by atoms with van der Waals surface area (Å²) >= 11 is 0. The van der Waals surface area contributed by atoms with Crippen molar-refractivity contribution in [2.24, 2.45) is 5.92 Å². The van der Waals surface area contributed by atoms with Gasteiger partial charge in [-0.05, 0) is 37.8 Å². The molecule has 6 heteroatoms. The van der Waals surface area contributed by atoms with Crippen molar-refractivity contribution in [1.82, 2.24) is 5.32 Å². The highest BCUT2D eigenvalue weighted by atomic mass is 16.4. The molecule has 1 aromatic carbocycles. The average molecular weight is 278 g/mol. The number of phenols is 1. The number of carbonyl (C=O) groups excluding carboxylic acids is 1. The number of carboxylic acids is 1. The van der Waals surface area contributed by atoms with Gasteiger partial charge in [-0.3, -0.25) is 0 Å². The van der Waals surface area contributed by atoms with E-state index in [9.17, 15) is 14.7 Å². The summed E-state index contributed by atoms with van der Waals surface area (Å²) in [5, 5.41) is 24.0. The summed E-state index contributed by atoms with van der Waals surface area (Å²) in [7, 11) is 0. The van der Waals surface area contributed by atoms with E-state index in [1.165, 1.54) is 24.6 Å². The number of nitrogens with one attached hydrogen (secondary N) is 2. The smallest absolute Gasteiger partial charge is 0.339 e. The summed E-state index contributed by atoms with van der Waals surface area (Å²) in [6.45, 7) is 1.94. The normalized spacial score (nSPS) is 16.1. The van der Waals surface area contributed by atoms with Gasteiger partial charge in [-0.15, -0.1) is 0 Å². The van der Waals surface area contributed by atoms with E-state index in [2.05, 4.69) is 10.6 Å². The minimum atomic E-state index is -1.24. The number of aromatic hydroxyl groups is 1. The standard InChI is InChI=1S/C14H18N2O4/c1-8(9-4-2-5-9)15-14(20)16-11-7-3-6-10(12(11)17)13(18)19/h3,6-9,17H,2,4-5H2,1H3,(H,18,19)(H2,15,16,20). The fourth-order valence-electron chi connectivity index (χ4n) is 2.24. The van der Waals surface area contributed by atoms with E-state index in [1.54, 1.807) is 0 Å². The van der Waals surface area contributed by atoms with Gasteiger partial charge in [0.1, 0.15) is 5.56 Å². The van der Waals surface area contributed by atoms with Crippen LogP contribution in [0.15, 0.2) is 18.2 Å². The van der Waals surface area contributed by atoms with Crippen LogP contribution in [0.25, 0.3) is 0 Å².